The van der Waals surface area contributed by atoms with Gasteiger partial charge in [-0.3, -0.25) is 4.79 Å². The van der Waals surface area contributed by atoms with Gasteiger partial charge < -0.3 is 9.88 Å². The molecule has 1 N–H and O–H groups in total. The number of H-pyrrole nitrogens is 1. The predicted molar refractivity (Wildman–Crippen MR) is 66.9 cm³/mol. The lowest BCUT2D eigenvalue weighted by Gasteiger charge is -2.27. The molecule has 0 unspecified atom stereocenters. The average molecular weight is 219 g/mol. The van der Waals surface area contributed by atoms with Crippen LogP contribution < -0.4 is 10.5 Å². The molecule has 0 saturated carbocycles. The third-order valence-corrected chi connectivity index (χ3v) is 2.72. The van der Waals surface area contributed by atoms with Crippen molar-refractivity contribution in [3.05, 3.63) is 22.5 Å². The van der Waals surface area contributed by atoms with E-state index < -0.39 is 0 Å². The first-order valence-electron chi connectivity index (χ1n) is 5.67. The lowest BCUT2D eigenvalue weighted by Crippen LogP contribution is -2.30. The molecule has 1 aromatic heterocycles. The van der Waals surface area contributed by atoms with Crippen molar-refractivity contribution in [1.29, 1.82) is 0 Å². The molecule has 86 valence electrons. The van der Waals surface area contributed by atoms with Crippen LogP contribution in [0.5, 0.6) is 0 Å². The molecule has 0 spiro atoms. The molecule has 4 heteroatoms. The van der Waals surface area contributed by atoms with Crippen molar-refractivity contribution >= 4 is 17.7 Å². The molecule has 0 atom stereocenters. The van der Waals surface area contributed by atoms with Crippen molar-refractivity contribution < 1.29 is 0 Å². The van der Waals surface area contributed by atoms with Gasteiger partial charge in [-0.2, -0.15) is 0 Å². The summed E-state index contributed by atoms with van der Waals surface area (Å²) >= 11 is 0. The maximum atomic E-state index is 11.2. The number of anilines is 1. The van der Waals surface area contributed by atoms with Crippen LogP contribution in [0.15, 0.2) is 21.9 Å². The maximum absolute atomic E-state index is 11.2. The Morgan fingerprint density at radius 1 is 1.50 bits per heavy atom. The molecule has 0 aromatic carbocycles. The standard InChI is InChI=1S/C12H17N3O/c1-9(2)5-7-15-8-6-13-12-10(15)3-4-11(16)14-12/h3-4,6,9H,5,7-8H2,1-2H3,(H,14,16). The highest BCUT2D eigenvalue weighted by Gasteiger charge is 2.14. The molecule has 0 radical (unpaired) electrons. The second kappa shape index (κ2) is 4.51. The van der Waals surface area contributed by atoms with Crippen LogP contribution in [0.1, 0.15) is 20.3 Å². The monoisotopic (exact) mass is 219 g/mol. The topological polar surface area (TPSA) is 48.5 Å². The fourth-order valence-corrected chi connectivity index (χ4v) is 1.76. The number of pyridine rings is 1. The van der Waals surface area contributed by atoms with Crippen LogP contribution in [0, 0.1) is 5.92 Å². The molecule has 0 bridgehead atoms. The fraction of sp³-hybridized carbons (Fsp3) is 0.500. The molecular formula is C12H17N3O. The first-order chi connectivity index (χ1) is 7.66. The van der Waals surface area contributed by atoms with Gasteiger partial charge in [-0.05, 0) is 18.4 Å². The SMILES string of the molecule is CC(C)CCN1CC=Nc2[nH]c(=O)ccc21. The van der Waals surface area contributed by atoms with Crippen LogP contribution >= 0.6 is 0 Å². The third-order valence-electron chi connectivity index (χ3n) is 2.72. The molecule has 2 heterocycles. The van der Waals surface area contributed by atoms with E-state index in [0.717, 1.165) is 25.2 Å². The van der Waals surface area contributed by atoms with Gasteiger partial charge in [0.05, 0.1) is 12.2 Å². The minimum absolute atomic E-state index is 0.0957. The van der Waals surface area contributed by atoms with Gasteiger partial charge in [0.1, 0.15) is 0 Å². The zero-order valence-corrected chi connectivity index (χ0v) is 9.73. The minimum Gasteiger partial charge on any atom is -0.363 e. The molecule has 0 aliphatic carbocycles. The van der Waals surface area contributed by atoms with Gasteiger partial charge in [-0.25, -0.2) is 4.99 Å². The summed E-state index contributed by atoms with van der Waals surface area (Å²) in [4.78, 5) is 20.4. The van der Waals surface area contributed by atoms with Crippen molar-refractivity contribution in [3.8, 4) is 0 Å². The Balaban J connectivity index is 2.20. The Hall–Kier alpha value is -1.58. The van der Waals surface area contributed by atoms with Gasteiger partial charge in [0.25, 0.3) is 0 Å². The van der Waals surface area contributed by atoms with Crippen LogP contribution in [-0.2, 0) is 0 Å². The fourth-order valence-electron chi connectivity index (χ4n) is 1.76. The van der Waals surface area contributed by atoms with Gasteiger partial charge in [-0.1, -0.05) is 13.8 Å². The molecule has 0 saturated heterocycles. The summed E-state index contributed by atoms with van der Waals surface area (Å²) in [6.45, 7) is 6.26. The lowest BCUT2D eigenvalue weighted by atomic mass is 10.1. The van der Waals surface area contributed by atoms with Crippen molar-refractivity contribution in [1.82, 2.24) is 4.98 Å². The number of hydrogen-bond donors (Lipinski definition) is 1. The van der Waals surface area contributed by atoms with E-state index in [1.807, 2.05) is 12.3 Å². The molecule has 16 heavy (non-hydrogen) atoms. The number of hydrogen-bond acceptors (Lipinski definition) is 3. The maximum Gasteiger partial charge on any atom is 0.249 e. The number of aliphatic imine (C=N–C) groups is 1. The highest BCUT2D eigenvalue weighted by Crippen LogP contribution is 2.27. The minimum atomic E-state index is -0.0957. The molecule has 1 aromatic rings. The molecular weight excluding hydrogens is 202 g/mol. The summed E-state index contributed by atoms with van der Waals surface area (Å²) in [5.41, 5.74) is 0.935. The van der Waals surface area contributed by atoms with Crippen LogP contribution in [0.3, 0.4) is 0 Å². The Morgan fingerprint density at radius 3 is 3.06 bits per heavy atom. The van der Waals surface area contributed by atoms with Crippen LogP contribution in [0.2, 0.25) is 0 Å². The third kappa shape index (κ3) is 2.32. The van der Waals surface area contributed by atoms with E-state index in [0.29, 0.717) is 11.7 Å². The van der Waals surface area contributed by atoms with E-state index in [2.05, 4.69) is 28.7 Å². The second-order valence-corrected chi connectivity index (χ2v) is 4.50. The van der Waals surface area contributed by atoms with Crippen LogP contribution in [0.25, 0.3) is 0 Å². The lowest BCUT2D eigenvalue weighted by molar-refractivity contribution is 0.581. The van der Waals surface area contributed by atoms with Gasteiger partial charge in [-0.15, -0.1) is 0 Å². The number of aromatic nitrogens is 1. The molecule has 0 amide bonds. The predicted octanol–water partition coefficient (Wildman–Crippen LogP) is 1.94. The quantitative estimate of drug-likeness (QED) is 0.844. The highest BCUT2D eigenvalue weighted by atomic mass is 16.1. The average Bonchev–Trinajstić information content (AvgIpc) is 2.25. The van der Waals surface area contributed by atoms with E-state index >= 15 is 0 Å². The number of rotatable bonds is 3. The van der Waals surface area contributed by atoms with Gasteiger partial charge in [0, 0.05) is 18.8 Å². The first kappa shape index (κ1) is 10.9. The van der Waals surface area contributed by atoms with Crippen LogP contribution in [-0.4, -0.2) is 24.3 Å². The van der Waals surface area contributed by atoms with Gasteiger partial charge in [0.15, 0.2) is 5.82 Å². The highest BCUT2D eigenvalue weighted by molar-refractivity contribution is 5.79. The van der Waals surface area contributed by atoms with Crippen LogP contribution in [0.4, 0.5) is 11.5 Å². The molecule has 2 rings (SSSR count). The Kier molecular flexibility index (Phi) is 3.08. The van der Waals surface area contributed by atoms with E-state index in [1.54, 1.807) is 6.07 Å². The zero-order valence-electron chi connectivity index (χ0n) is 9.73. The second-order valence-electron chi connectivity index (χ2n) is 4.50. The molecule has 1 aliphatic heterocycles. The van der Waals surface area contributed by atoms with Crippen molar-refractivity contribution in [2.75, 3.05) is 18.0 Å². The smallest absolute Gasteiger partial charge is 0.249 e. The van der Waals surface area contributed by atoms with Crippen molar-refractivity contribution in [2.45, 2.75) is 20.3 Å². The Bertz CT molecular complexity index is 448. The normalized spacial score (nSPS) is 14.3. The molecule has 0 fully saturated rings. The molecule has 1 aliphatic rings. The summed E-state index contributed by atoms with van der Waals surface area (Å²) in [6, 6.07) is 3.41. The van der Waals surface area contributed by atoms with E-state index in [-0.39, 0.29) is 5.56 Å². The van der Waals surface area contributed by atoms with Gasteiger partial charge in [0.2, 0.25) is 5.56 Å². The van der Waals surface area contributed by atoms with E-state index in [1.165, 1.54) is 0 Å². The van der Waals surface area contributed by atoms with Crippen molar-refractivity contribution in [3.63, 3.8) is 0 Å². The number of nitrogens with zero attached hydrogens (tertiary/aromatic N) is 2. The summed E-state index contributed by atoms with van der Waals surface area (Å²) in [6.07, 6.45) is 2.99. The largest absolute Gasteiger partial charge is 0.363 e. The Morgan fingerprint density at radius 2 is 2.31 bits per heavy atom. The van der Waals surface area contributed by atoms with Crippen molar-refractivity contribution in [2.24, 2.45) is 10.9 Å². The summed E-state index contributed by atoms with van der Waals surface area (Å²) < 4.78 is 0. The van der Waals surface area contributed by atoms with E-state index in [9.17, 15) is 4.79 Å². The number of fused-ring (bicyclic) bond motifs is 1. The van der Waals surface area contributed by atoms with Gasteiger partial charge >= 0.3 is 0 Å². The Labute approximate surface area is 95.0 Å². The first-order valence-corrected chi connectivity index (χ1v) is 5.67. The number of nitrogens with one attached hydrogen (secondary N) is 1. The summed E-state index contributed by atoms with van der Waals surface area (Å²) in [5, 5.41) is 0. The zero-order chi connectivity index (χ0) is 11.5. The van der Waals surface area contributed by atoms with E-state index in [4.69, 9.17) is 0 Å². The summed E-state index contributed by atoms with van der Waals surface area (Å²) in [7, 11) is 0. The molecule has 4 nitrogen and oxygen atoms in total. The summed E-state index contributed by atoms with van der Waals surface area (Å²) in [5.74, 6) is 1.37. The number of aromatic amines is 1.